The van der Waals surface area contributed by atoms with Gasteiger partial charge in [-0.2, -0.15) is 0 Å². The topological polar surface area (TPSA) is 26.3 Å². The number of carbonyl (C=O) groups is 1. The van der Waals surface area contributed by atoms with E-state index < -0.39 is 0 Å². The Morgan fingerprint density at radius 1 is 1.07 bits per heavy atom. The second-order valence-corrected chi connectivity index (χ2v) is 5.74. The first-order chi connectivity index (χ1) is 7.26. The van der Waals surface area contributed by atoms with Crippen LogP contribution in [0.3, 0.4) is 0 Å². The summed E-state index contributed by atoms with van der Waals surface area (Å²) in [5.41, 5.74) is 0. The fourth-order valence-corrected chi connectivity index (χ4v) is 4.30. The molecule has 4 bridgehead atoms. The quantitative estimate of drug-likeness (QED) is 0.652. The Morgan fingerprint density at radius 3 is 2.07 bits per heavy atom. The molecule has 0 heterocycles. The normalized spacial score (nSPS) is 46.9. The predicted molar refractivity (Wildman–Crippen MR) is 57.2 cm³/mol. The van der Waals surface area contributed by atoms with Crippen LogP contribution in [0.5, 0.6) is 0 Å². The van der Waals surface area contributed by atoms with Gasteiger partial charge in [0.1, 0.15) is 6.10 Å². The zero-order valence-corrected chi connectivity index (χ0v) is 9.45. The molecule has 4 aliphatic rings. The average molecular weight is 208 g/mol. The molecule has 4 saturated carbocycles. The standard InChI is InChI=1S/C13H20O2/c1-2-12(14)15-13-10-4-8-3-9(6-10)7-11(13)5-8/h8-11,13H,2-7H2,1H3/t8-,9+,10-,11+,13?. The van der Waals surface area contributed by atoms with Gasteiger partial charge < -0.3 is 4.74 Å². The van der Waals surface area contributed by atoms with Gasteiger partial charge in [0.05, 0.1) is 0 Å². The van der Waals surface area contributed by atoms with Gasteiger partial charge in [-0.25, -0.2) is 0 Å². The van der Waals surface area contributed by atoms with Crippen molar-refractivity contribution >= 4 is 5.97 Å². The Hall–Kier alpha value is -0.530. The van der Waals surface area contributed by atoms with E-state index in [1.165, 1.54) is 32.1 Å². The van der Waals surface area contributed by atoms with Crippen LogP contribution in [0.25, 0.3) is 0 Å². The van der Waals surface area contributed by atoms with Gasteiger partial charge in [0.15, 0.2) is 0 Å². The molecular formula is C13H20O2. The molecule has 0 amide bonds. The zero-order valence-electron chi connectivity index (χ0n) is 9.45. The van der Waals surface area contributed by atoms with Gasteiger partial charge in [0.25, 0.3) is 0 Å². The van der Waals surface area contributed by atoms with Crippen LogP contribution in [-0.4, -0.2) is 12.1 Å². The first-order valence-corrected chi connectivity index (χ1v) is 6.45. The molecule has 0 saturated heterocycles. The molecule has 4 aliphatic carbocycles. The van der Waals surface area contributed by atoms with E-state index in [-0.39, 0.29) is 12.1 Å². The first kappa shape index (κ1) is 9.68. The highest BCUT2D eigenvalue weighted by Crippen LogP contribution is 2.54. The van der Waals surface area contributed by atoms with Gasteiger partial charge in [0.2, 0.25) is 0 Å². The smallest absolute Gasteiger partial charge is 0.305 e. The maximum absolute atomic E-state index is 11.4. The third-order valence-corrected chi connectivity index (χ3v) is 4.70. The van der Waals surface area contributed by atoms with E-state index in [4.69, 9.17) is 4.74 Å². The molecule has 84 valence electrons. The van der Waals surface area contributed by atoms with Crippen molar-refractivity contribution in [2.75, 3.05) is 0 Å². The molecule has 0 unspecified atom stereocenters. The minimum atomic E-state index is 0.00692. The summed E-state index contributed by atoms with van der Waals surface area (Å²) in [5, 5.41) is 0. The van der Waals surface area contributed by atoms with Crippen LogP contribution >= 0.6 is 0 Å². The summed E-state index contributed by atoms with van der Waals surface area (Å²) >= 11 is 0. The first-order valence-electron chi connectivity index (χ1n) is 6.45. The summed E-state index contributed by atoms with van der Waals surface area (Å²) in [7, 11) is 0. The van der Waals surface area contributed by atoms with E-state index in [0.29, 0.717) is 18.3 Å². The van der Waals surface area contributed by atoms with Crippen molar-refractivity contribution in [3.8, 4) is 0 Å². The molecule has 0 aliphatic heterocycles. The SMILES string of the molecule is CCC(=O)OC1[C@H]2C[C@@H]3C[C@@H](C[C@H]1C3)C2. The number of esters is 1. The highest BCUT2D eigenvalue weighted by molar-refractivity contribution is 5.69. The predicted octanol–water partition coefficient (Wildman–Crippen LogP) is 2.76. The summed E-state index contributed by atoms with van der Waals surface area (Å²) in [4.78, 5) is 11.4. The van der Waals surface area contributed by atoms with Gasteiger partial charge in [-0.05, 0) is 55.8 Å². The highest BCUT2D eigenvalue weighted by Gasteiger charge is 2.49. The molecule has 0 N–H and O–H groups in total. The molecule has 4 fully saturated rings. The monoisotopic (exact) mass is 208 g/mol. The van der Waals surface area contributed by atoms with E-state index in [1.807, 2.05) is 6.92 Å². The van der Waals surface area contributed by atoms with E-state index in [0.717, 1.165) is 11.8 Å². The molecule has 15 heavy (non-hydrogen) atoms. The third-order valence-electron chi connectivity index (χ3n) is 4.70. The van der Waals surface area contributed by atoms with Crippen molar-refractivity contribution in [3.05, 3.63) is 0 Å². The molecule has 0 aromatic heterocycles. The van der Waals surface area contributed by atoms with Crippen LogP contribution in [0, 0.1) is 23.7 Å². The summed E-state index contributed by atoms with van der Waals surface area (Å²) < 4.78 is 5.64. The van der Waals surface area contributed by atoms with Gasteiger partial charge >= 0.3 is 5.97 Å². The Morgan fingerprint density at radius 2 is 1.60 bits per heavy atom. The van der Waals surface area contributed by atoms with E-state index in [2.05, 4.69) is 0 Å². The van der Waals surface area contributed by atoms with Crippen LogP contribution in [0.4, 0.5) is 0 Å². The van der Waals surface area contributed by atoms with E-state index in [9.17, 15) is 4.79 Å². The number of hydrogen-bond acceptors (Lipinski definition) is 2. The lowest BCUT2D eigenvalue weighted by Crippen LogP contribution is -2.49. The Bertz CT molecular complexity index is 244. The van der Waals surface area contributed by atoms with Crippen molar-refractivity contribution in [2.45, 2.75) is 51.6 Å². The number of ether oxygens (including phenoxy) is 1. The third kappa shape index (κ3) is 1.58. The molecule has 0 aromatic carbocycles. The Kier molecular flexibility index (Phi) is 2.26. The van der Waals surface area contributed by atoms with Gasteiger partial charge in [-0.1, -0.05) is 6.92 Å². The van der Waals surface area contributed by atoms with Crippen molar-refractivity contribution in [2.24, 2.45) is 23.7 Å². The minimum absolute atomic E-state index is 0.00692. The lowest BCUT2D eigenvalue weighted by Gasteiger charge is -2.53. The maximum Gasteiger partial charge on any atom is 0.305 e. The van der Waals surface area contributed by atoms with Crippen LogP contribution in [0.1, 0.15) is 45.4 Å². The summed E-state index contributed by atoms with van der Waals surface area (Å²) in [5.74, 6) is 3.34. The Balaban J connectivity index is 1.72. The van der Waals surface area contributed by atoms with Gasteiger partial charge in [-0.3, -0.25) is 4.79 Å². The second kappa shape index (κ2) is 3.50. The molecule has 2 nitrogen and oxygen atoms in total. The summed E-state index contributed by atoms with van der Waals surface area (Å²) in [6.45, 7) is 1.89. The molecule has 0 atom stereocenters. The molecule has 0 radical (unpaired) electrons. The van der Waals surface area contributed by atoms with Crippen molar-refractivity contribution in [1.82, 2.24) is 0 Å². The fraction of sp³-hybridized carbons (Fsp3) is 0.923. The fourth-order valence-electron chi connectivity index (χ4n) is 4.30. The number of rotatable bonds is 2. The lowest BCUT2D eigenvalue weighted by atomic mass is 9.55. The van der Waals surface area contributed by atoms with Gasteiger partial charge in [0, 0.05) is 6.42 Å². The van der Waals surface area contributed by atoms with Gasteiger partial charge in [-0.15, -0.1) is 0 Å². The summed E-state index contributed by atoms with van der Waals surface area (Å²) in [6, 6.07) is 0. The molecule has 0 aromatic rings. The van der Waals surface area contributed by atoms with Crippen LogP contribution < -0.4 is 0 Å². The highest BCUT2D eigenvalue weighted by atomic mass is 16.5. The zero-order chi connectivity index (χ0) is 10.4. The maximum atomic E-state index is 11.4. The molecule has 0 spiro atoms. The molecule has 4 rings (SSSR count). The second-order valence-electron chi connectivity index (χ2n) is 5.74. The van der Waals surface area contributed by atoms with Crippen molar-refractivity contribution in [3.63, 3.8) is 0 Å². The number of carbonyl (C=O) groups excluding carboxylic acids is 1. The van der Waals surface area contributed by atoms with Crippen molar-refractivity contribution < 1.29 is 9.53 Å². The lowest BCUT2D eigenvalue weighted by molar-refractivity contribution is -0.170. The van der Waals surface area contributed by atoms with Crippen LogP contribution in [-0.2, 0) is 9.53 Å². The van der Waals surface area contributed by atoms with E-state index >= 15 is 0 Å². The van der Waals surface area contributed by atoms with Crippen LogP contribution in [0.2, 0.25) is 0 Å². The molecular weight excluding hydrogens is 188 g/mol. The molecule has 2 heteroatoms. The minimum Gasteiger partial charge on any atom is -0.462 e. The van der Waals surface area contributed by atoms with Crippen molar-refractivity contribution in [1.29, 1.82) is 0 Å². The average Bonchev–Trinajstić information content (AvgIpc) is 2.22. The Labute approximate surface area is 91.4 Å². The van der Waals surface area contributed by atoms with Crippen LogP contribution in [0.15, 0.2) is 0 Å². The largest absolute Gasteiger partial charge is 0.462 e. The number of hydrogen-bond donors (Lipinski definition) is 0. The van der Waals surface area contributed by atoms with E-state index in [1.54, 1.807) is 0 Å². The summed E-state index contributed by atoms with van der Waals surface area (Å²) in [6.07, 6.45) is 7.59.